The Morgan fingerprint density at radius 2 is 2.11 bits per heavy atom. The fourth-order valence-corrected chi connectivity index (χ4v) is 3.03. The summed E-state index contributed by atoms with van der Waals surface area (Å²) in [6.45, 7) is 3.73. The number of esters is 1. The zero-order chi connectivity index (χ0) is 13.1. The fourth-order valence-electron chi connectivity index (χ4n) is 1.89. The maximum atomic E-state index is 11.5. The van der Waals surface area contributed by atoms with E-state index in [-0.39, 0.29) is 18.2 Å². The number of ether oxygens (including phenoxy) is 1. The predicted molar refractivity (Wildman–Crippen MR) is 72.2 cm³/mol. The third-order valence-electron chi connectivity index (χ3n) is 2.70. The molecule has 0 aliphatic carbocycles. The number of hydrogen-bond acceptors (Lipinski definition) is 4. The van der Waals surface area contributed by atoms with Gasteiger partial charge in [-0.3, -0.25) is 9.59 Å². The van der Waals surface area contributed by atoms with Crippen LogP contribution >= 0.6 is 11.3 Å². The zero-order valence-corrected chi connectivity index (χ0v) is 11.2. The van der Waals surface area contributed by atoms with E-state index < -0.39 is 0 Å². The molecule has 1 heterocycles. The average molecular weight is 262 g/mol. The van der Waals surface area contributed by atoms with Crippen molar-refractivity contribution in [3.05, 3.63) is 34.7 Å². The predicted octanol–water partition coefficient (Wildman–Crippen LogP) is 3.21. The number of carbonyl (C=O) groups is 2. The van der Waals surface area contributed by atoms with Crippen LogP contribution in [0.1, 0.15) is 29.8 Å². The first-order valence-corrected chi connectivity index (χ1v) is 6.67. The summed E-state index contributed by atoms with van der Waals surface area (Å²) in [4.78, 5) is 23.0. The van der Waals surface area contributed by atoms with E-state index >= 15 is 0 Å². The monoisotopic (exact) mass is 262 g/mol. The lowest BCUT2D eigenvalue weighted by Crippen LogP contribution is -2.06. The molecule has 94 valence electrons. The SMILES string of the molecule is CCOC(=O)Cc1csc2c(C(C)=O)cccc12. The van der Waals surface area contributed by atoms with E-state index in [1.54, 1.807) is 13.8 Å². The molecule has 0 aliphatic rings. The van der Waals surface area contributed by atoms with Crippen molar-refractivity contribution in [1.82, 2.24) is 0 Å². The summed E-state index contributed by atoms with van der Waals surface area (Å²) in [5, 5.41) is 2.90. The Bertz CT molecular complexity index is 598. The van der Waals surface area contributed by atoms with Crippen molar-refractivity contribution in [3.63, 3.8) is 0 Å². The van der Waals surface area contributed by atoms with E-state index in [9.17, 15) is 9.59 Å². The summed E-state index contributed by atoms with van der Waals surface area (Å²) in [6, 6.07) is 5.60. The minimum atomic E-state index is -0.231. The van der Waals surface area contributed by atoms with Gasteiger partial charge in [-0.1, -0.05) is 12.1 Å². The van der Waals surface area contributed by atoms with Gasteiger partial charge in [0.2, 0.25) is 0 Å². The molecular formula is C14H14O3S. The number of thiophene rings is 1. The molecule has 1 aromatic carbocycles. The van der Waals surface area contributed by atoms with Gasteiger partial charge in [-0.15, -0.1) is 11.3 Å². The van der Waals surface area contributed by atoms with Crippen LogP contribution in [-0.2, 0) is 16.0 Å². The number of rotatable bonds is 4. The number of benzene rings is 1. The molecule has 3 nitrogen and oxygen atoms in total. The van der Waals surface area contributed by atoms with Crippen LogP contribution in [0.5, 0.6) is 0 Å². The highest BCUT2D eigenvalue weighted by Gasteiger charge is 2.13. The van der Waals surface area contributed by atoms with E-state index in [4.69, 9.17) is 4.74 Å². The molecule has 0 fully saturated rings. The summed E-state index contributed by atoms with van der Waals surface area (Å²) in [5.41, 5.74) is 1.64. The standard InChI is InChI=1S/C14H14O3S/c1-3-17-13(16)7-10-8-18-14-11(9(2)15)5-4-6-12(10)14/h4-6,8H,3,7H2,1-2H3. The van der Waals surface area contributed by atoms with E-state index in [0.29, 0.717) is 12.2 Å². The molecule has 2 aromatic rings. The Hall–Kier alpha value is -1.68. The molecule has 0 saturated carbocycles. The molecule has 2 rings (SSSR count). The van der Waals surface area contributed by atoms with Gasteiger partial charge in [-0.2, -0.15) is 0 Å². The average Bonchev–Trinajstić information content (AvgIpc) is 2.72. The molecule has 0 amide bonds. The van der Waals surface area contributed by atoms with Gasteiger partial charge in [0.1, 0.15) is 0 Å². The molecule has 0 spiro atoms. The first-order valence-electron chi connectivity index (χ1n) is 5.79. The topological polar surface area (TPSA) is 43.4 Å². The highest BCUT2D eigenvalue weighted by molar-refractivity contribution is 7.17. The lowest BCUT2D eigenvalue weighted by Gasteiger charge is -2.02. The smallest absolute Gasteiger partial charge is 0.310 e. The van der Waals surface area contributed by atoms with Crippen LogP contribution in [0.4, 0.5) is 0 Å². The Morgan fingerprint density at radius 1 is 1.33 bits per heavy atom. The number of carbonyl (C=O) groups excluding carboxylic acids is 2. The molecule has 0 bridgehead atoms. The lowest BCUT2D eigenvalue weighted by molar-refractivity contribution is -0.142. The molecule has 0 aliphatic heterocycles. The van der Waals surface area contributed by atoms with Crippen molar-refractivity contribution in [1.29, 1.82) is 0 Å². The fraction of sp³-hybridized carbons (Fsp3) is 0.286. The third-order valence-corrected chi connectivity index (χ3v) is 3.78. The van der Waals surface area contributed by atoms with E-state index in [2.05, 4.69) is 0 Å². The molecule has 0 saturated heterocycles. The maximum absolute atomic E-state index is 11.5. The van der Waals surface area contributed by atoms with Crippen LogP contribution in [0, 0.1) is 0 Å². The second kappa shape index (κ2) is 5.31. The van der Waals surface area contributed by atoms with Gasteiger partial charge in [-0.25, -0.2) is 0 Å². The van der Waals surface area contributed by atoms with Gasteiger partial charge < -0.3 is 4.74 Å². The van der Waals surface area contributed by atoms with E-state index in [1.165, 1.54) is 11.3 Å². The summed E-state index contributed by atoms with van der Waals surface area (Å²) in [6.07, 6.45) is 0.259. The Kier molecular flexibility index (Phi) is 3.77. The minimum Gasteiger partial charge on any atom is -0.466 e. The number of fused-ring (bicyclic) bond motifs is 1. The van der Waals surface area contributed by atoms with Crippen LogP contribution < -0.4 is 0 Å². The second-order valence-corrected chi connectivity index (χ2v) is 4.86. The molecular weight excluding hydrogens is 248 g/mol. The largest absolute Gasteiger partial charge is 0.466 e. The van der Waals surface area contributed by atoms with Crippen LogP contribution in [0.3, 0.4) is 0 Å². The zero-order valence-electron chi connectivity index (χ0n) is 10.4. The molecule has 0 unspecified atom stereocenters. The van der Waals surface area contributed by atoms with Crippen LogP contribution in [0.25, 0.3) is 10.1 Å². The first kappa shape index (κ1) is 12.8. The maximum Gasteiger partial charge on any atom is 0.310 e. The van der Waals surface area contributed by atoms with Crippen LogP contribution in [-0.4, -0.2) is 18.4 Å². The van der Waals surface area contributed by atoms with E-state index in [0.717, 1.165) is 15.6 Å². The van der Waals surface area contributed by atoms with Crippen molar-refractivity contribution >= 4 is 33.2 Å². The van der Waals surface area contributed by atoms with Crippen LogP contribution in [0.15, 0.2) is 23.6 Å². The number of ketones is 1. The normalized spacial score (nSPS) is 10.6. The van der Waals surface area contributed by atoms with Gasteiger partial charge in [-0.05, 0) is 36.2 Å². The van der Waals surface area contributed by atoms with Crippen molar-refractivity contribution in [2.24, 2.45) is 0 Å². The van der Waals surface area contributed by atoms with Crippen molar-refractivity contribution in [3.8, 4) is 0 Å². The Balaban J connectivity index is 2.40. The third kappa shape index (κ3) is 2.43. The van der Waals surface area contributed by atoms with Gasteiger partial charge in [0.15, 0.2) is 5.78 Å². The van der Waals surface area contributed by atoms with E-state index in [1.807, 2.05) is 23.6 Å². The number of Topliss-reactive ketones (excluding diaryl/α,β-unsaturated/α-hetero) is 1. The first-order chi connectivity index (χ1) is 8.63. The Labute approximate surface area is 109 Å². The van der Waals surface area contributed by atoms with Gasteiger partial charge >= 0.3 is 5.97 Å². The molecule has 1 aromatic heterocycles. The summed E-state index contributed by atoms with van der Waals surface area (Å²) in [5.74, 6) is -0.185. The quantitative estimate of drug-likeness (QED) is 0.627. The van der Waals surface area contributed by atoms with Gasteiger partial charge in [0.25, 0.3) is 0 Å². The molecule has 4 heteroatoms. The summed E-state index contributed by atoms with van der Waals surface area (Å²) >= 11 is 1.50. The highest BCUT2D eigenvalue weighted by Crippen LogP contribution is 2.29. The summed E-state index contributed by atoms with van der Waals surface area (Å²) < 4.78 is 5.89. The summed E-state index contributed by atoms with van der Waals surface area (Å²) in [7, 11) is 0. The van der Waals surface area contributed by atoms with Crippen molar-refractivity contribution in [2.75, 3.05) is 6.61 Å². The Morgan fingerprint density at radius 3 is 2.78 bits per heavy atom. The molecule has 18 heavy (non-hydrogen) atoms. The molecule has 0 atom stereocenters. The van der Waals surface area contributed by atoms with Gasteiger partial charge in [0, 0.05) is 10.3 Å². The highest BCUT2D eigenvalue weighted by atomic mass is 32.1. The second-order valence-electron chi connectivity index (χ2n) is 3.98. The molecule has 0 radical (unpaired) electrons. The van der Waals surface area contributed by atoms with Gasteiger partial charge in [0.05, 0.1) is 13.0 Å². The van der Waals surface area contributed by atoms with Crippen molar-refractivity contribution < 1.29 is 14.3 Å². The van der Waals surface area contributed by atoms with Crippen LogP contribution in [0.2, 0.25) is 0 Å². The lowest BCUT2D eigenvalue weighted by atomic mass is 10.1. The number of hydrogen-bond donors (Lipinski definition) is 0. The molecule has 0 N–H and O–H groups in total. The minimum absolute atomic E-state index is 0.0464. The van der Waals surface area contributed by atoms with Crippen molar-refractivity contribution in [2.45, 2.75) is 20.3 Å².